The summed E-state index contributed by atoms with van der Waals surface area (Å²) in [5, 5.41) is 9.49. The molecule has 0 saturated heterocycles. The topological polar surface area (TPSA) is 72.7 Å². The third-order valence-electron chi connectivity index (χ3n) is 0.879. The highest BCUT2D eigenvalue weighted by Crippen LogP contribution is 1.93. The zero-order valence-corrected chi connectivity index (χ0v) is 6.58. The number of ether oxygens (including phenoxy) is 1. The summed E-state index contributed by atoms with van der Waals surface area (Å²) in [4.78, 5) is 20.6. The maximum Gasteiger partial charge on any atom is 0.467 e. The minimum Gasteiger partial charge on any atom is -0.449 e. The van der Waals surface area contributed by atoms with Crippen molar-refractivity contribution in [1.82, 2.24) is 5.01 Å². The van der Waals surface area contributed by atoms with Gasteiger partial charge in [0.05, 0.1) is 7.11 Å². The molecule has 6 nitrogen and oxygen atoms in total. The van der Waals surface area contributed by atoms with Crippen LogP contribution in [0, 0.1) is 10.1 Å². The van der Waals surface area contributed by atoms with Crippen molar-refractivity contribution in [3.63, 3.8) is 0 Å². The van der Waals surface area contributed by atoms with Crippen LogP contribution < -0.4 is 0 Å². The second-order valence-corrected chi connectivity index (χ2v) is 1.90. The molecule has 0 aromatic carbocycles. The number of halogens is 1. The summed E-state index contributed by atoms with van der Waals surface area (Å²) in [7, 11) is 1.06. The molecule has 0 aliphatic rings. The van der Waals surface area contributed by atoms with Gasteiger partial charge in [-0.15, -0.1) is 11.6 Å². The second kappa shape index (κ2) is 4.73. The molecule has 0 saturated carbocycles. The molecule has 0 unspecified atom stereocenters. The third kappa shape index (κ3) is 3.03. The maximum atomic E-state index is 10.5. The van der Waals surface area contributed by atoms with E-state index < -0.39 is 11.1 Å². The number of carbonyl (C=O) groups excluding carboxylic acids is 1. The number of nitro groups is 1. The Morgan fingerprint density at radius 1 is 1.82 bits per heavy atom. The largest absolute Gasteiger partial charge is 0.467 e. The predicted molar refractivity (Wildman–Crippen MR) is 36.8 cm³/mol. The van der Waals surface area contributed by atoms with Crippen molar-refractivity contribution in [3.05, 3.63) is 10.1 Å². The van der Waals surface area contributed by atoms with Gasteiger partial charge in [-0.2, -0.15) is 0 Å². The SMILES string of the molecule is COC(=O)N(CCCl)[N+](=O)[O-]. The van der Waals surface area contributed by atoms with E-state index in [1.807, 2.05) is 0 Å². The van der Waals surface area contributed by atoms with Gasteiger partial charge < -0.3 is 4.74 Å². The van der Waals surface area contributed by atoms with E-state index in [0.29, 0.717) is 5.01 Å². The summed E-state index contributed by atoms with van der Waals surface area (Å²) in [6.07, 6.45) is -1.02. The molecule has 7 heteroatoms. The quantitative estimate of drug-likeness (QED) is 0.362. The highest BCUT2D eigenvalue weighted by molar-refractivity contribution is 6.18. The molecular formula is C4H7ClN2O4. The lowest BCUT2D eigenvalue weighted by molar-refractivity contribution is -0.634. The number of amides is 1. The lowest BCUT2D eigenvalue weighted by atomic mass is 10.7. The Morgan fingerprint density at radius 2 is 2.36 bits per heavy atom. The molecule has 0 aliphatic heterocycles. The van der Waals surface area contributed by atoms with Crippen molar-refractivity contribution in [2.75, 3.05) is 19.5 Å². The Hall–Kier alpha value is -1.04. The van der Waals surface area contributed by atoms with Gasteiger partial charge in [-0.1, -0.05) is 0 Å². The molecule has 0 aromatic rings. The molecule has 64 valence electrons. The Bertz CT molecular complexity index is 162. The molecule has 0 atom stereocenters. The van der Waals surface area contributed by atoms with Crippen LogP contribution in [0.15, 0.2) is 0 Å². The van der Waals surface area contributed by atoms with Crippen LogP contribution in [0.3, 0.4) is 0 Å². The number of hydrazine groups is 1. The van der Waals surface area contributed by atoms with Gasteiger partial charge in [0.25, 0.3) is 0 Å². The monoisotopic (exact) mass is 182 g/mol. The molecule has 11 heavy (non-hydrogen) atoms. The first-order valence-corrected chi connectivity index (χ1v) is 3.22. The van der Waals surface area contributed by atoms with E-state index in [-0.39, 0.29) is 12.4 Å². The van der Waals surface area contributed by atoms with Gasteiger partial charge >= 0.3 is 6.09 Å². The van der Waals surface area contributed by atoms with Crippen LogP contribution in [0.2, 0.25) is 0 Å². The number of rotatable bonds is 3. The fourth-order valence-corrected chi connectivity index (χ4v) is 0.585. The molecule has 0 aliphatic carbocycles. The summed E-state index contributed by atoms with van der Waals surface area (Å²) >= 11 is 5.19. The molecule has 0 aromatic heterocycles. The molecule has 0 radical (unpaired) electrons. The van der Waals surface area contributed by atoms with Gasteiger partial charge in [0.15, 0.2) is 5.03 Å². The third-order valence-corrected chi connectivity index (χ3v) is 1.05. The van der Waals surface area contributed by atoms with Crippen molar-refractivity contribution in [2.24, 2.45) is 0 Å². The molecular weight excluding hydrogens is 176 g/mol. The van der Waals surface area contributed by atoms with E-state index in [2.05, 4.69) is 4.74 Å². The van der Waals surface area contributed by atoms with Crippen LogP contribution >= 0.6 is 11.6 Å². The summed E-state index contributed by atoms with van der Waals surface area (Å²) in [6, 6.07) is 0. The number of carbonyl (C=O) groups is 1. The second-order valence-electron chi connectivity index (χ2n) is 1.52. The number of hydrogen-bond donors (Lipinski definition) is 0. The minimum atomic E-state index is -1.02. The first kappa shape index (κ1) is 9.96. The lowest BCUT2D eigenvalue weighted by Gasteiger charge is -2.07. The number of alkyl halides is 1. The highest BCUT2D eigenvalue weighted by atomic mass is 35.5. The fraction of sp³-hybridized carbons (Fsp3) is 0.750. The van der Waals surface area contributed by atoms with E-state index in [4.69, 9.17) is 11.6 Å². The summed E-state index contributed by atoms with van der Waals surface area (Å²) in [5.74, 6) is -0.00389. The first-order valence-electron chi connectivity index (χ1n) is 2.69. The summed E-state index contributed by atoms with van der Waals surface area (Å²) in [6.45, 7) is -0.165. The average molecular weight is 183 g/mol. The minimum absolute atomic E-state index is 0.00389. The molecule has 0 bridgehead atoms. The van der Waals surface area contributed by atoms with Gasteiger partial charge in [-0.25, -0.2) is 14.9 Å². The number of hydrogen-bond acceptors (Lipinski definition) is 4. The zero-order valence-electron chi connectivity index (χ0n) is 5.82. The van der Waals surface area contributed by atoms with Crippen LogP contribution in [-0.4, -0.2) is 35.7 Å². The van der Waals surface area contributed by atoms with Crippen LogP contribution in [-0.2, 0) is 4.74 Å². The zero-order chi connectivity index (χ0) is 8.85. The van der Waals surface area contributed by atoms with Crippen molar-refractivity contribution < 1.29 is 14.6 Å². The smallest absolute Gasteiger partial charge is 0.449 e. The van der Waals surface area contributed by atoms with E-state index in [1.54, 1.807) is 0 Å². The molecule has 1 amide bonds. The summed E-state index contributed by atoms with van der Waals surface area (Å²) in [5.41, 5.74) is 0. The van der Waals surface area contributed by atoms with Gasteiger partial charge in [-0.05, 0) is 5.01 Å². The van der Waals surface area contributed by atoms with Gasteiger partial charge in [0, 0.05) is 5.88 Å². The normalized spacial score (nSPS) is 8.91. The summed E-state index contributed by atoms with van der Waals surface area (Å²) < 4.78 is 4.11. The Balaban J connectivity index is 4.09. The van der Waals surface area contributed by atoms with Crippen LogP contribution in [0.4, 0.5) is 4.79 Å². The molecule has 0 spiro atoms. The van der Waals surface area contributed by atoms with Crippen LogP contribution in [0.25, 0.3) is 0 Å². The van der Waals surface area contributed by atoms with Gasteiger partial charge in [0.2, 0.25) is 0 Å². The van der Waals surface area contributed by atoms with Gasteiger partial charge in [-0.3, -0.25) is 0 Å². The number of methoxy groups -OCH3 is 1. The Morgan fingerprint density at radius 3 is 2.64 bits per heavy atom. The van der Waals surface area contributed by atoms with E-state index in [1.165, 1.54) is 0 Å². The molecule has 0 fully saturated rings. The maximum absolute atomic E-state index is 10.5. The molecule has 0 heterocycles. The van der Waals surface area contributed by atoms with Crippen molar-refractivity contribution in [1.29, 1.82) is 0 Å². The standard InChI is InChI=1S/C4H7ClN2O4/c1-11-4(8)6(3-2-5)7(9)10/h2-3H2,1H3. The van der Waals surface area contributed by atoms with Crippen LogP contribution in [0.5, 0.6) is 0 Å². The van der Waals surface area contributed by atoms with Gasteiger partial charge in [0.1, 0.15) is 6.54 Å². The molecule has 0 rings (SSSR count). The average Bonchev–Trinajstić information content (AvgIpc) is 1.98. The first-order chi connectivity index (χ1) is 5.13. The Labute approximate surface area is 67.8 Å². The highest BCUT2D eigenvalue weighted by Gasteiger charge is 2.23. The van der Waals surface area contributed by atoms with Crippen molar-refractivity contribution in [2.45, 2.75) is 0 Å². The van der Waals surface area contributed by atoms with E-state index in [0.717, 1.165) is 7.11 Å². The predicted octanol–water partition coefficient (Wildman–Crippen LogP) is 0.485. The van der Waals surface area contributed by atoms with E-state index in [9.17, 15) is 14.9 Å². The lowest BCUT2D eigenvalue weighted by Crippen LogP contribution is -2.37. The van der Waals surface area contributed by atoms with Crippen molar-refractivity contribution >= 4 is 17.7 Å². The van der Waals surface area contributed by atoms with Crippen LogP contribution in [0.1, 0.15) is 0 Å². The van der Waals surface area contributed by atoms with Crippen molar-refractivity contribution in [3.8, 4) is 0 Å². The van der Waals surface area contributed by atoms with E-state index >= 15 is 0 Å². The number of nitrogens with zero attached hydrogens (tertiary/aromatic N) is 2. The Kier molecular flexibility index (Phi) is 4.28. The fourth-order valence-electron chi connectivity index (χ4n) is 0.425. The molecule has 0 N–H and O–H groups in total.